The highest BCUT2D eigenvalue weighted by atomic mass is 19.1. The van der Waals surface area contributed by atoms with Crippen LogP contribution >= 0.6 is 0 Å². The Balaban J connectivity index is 1.30. The van der Waals surface area contributed by atoms with Crippen molar-refractivity contribution in [1.29, 1.82) is 0 Å². The van der Waals surface area contributed by atoms with Gasteiger partial charge in [0, 0.05) is 35.4 Å². The van der Waals surface area contributed by atoms with Gasteiger partial charge in [0.1, 0.15) is 23.0 Å². The van der Waals surface area contributed by atoms with Crippen LogP contribution in [-0.2, 0) is 6.42 Å². The summed E-state index contributed by atoms with van der Waals surface area (Å²) in [5, 5.41) is 4.21. The van der Waals surface area contributed by atoms with Crippen LogP contribution in [0.5, 0.6) is 5.75 Å². The molecule has 3 heterocycles. The van der Waals surface area contributed by atoms with E-state index in [0.29, 0.717) is 17.7 Å². The van der Waals surface area contributed by atoms with Gasteiger partial charge in [-0.15, -0.1) is 0 Å². The maximum absolute atomic E-state index is 14.2. The zero-order chi connectivity index (χ0) is 21.9. The Morgan fingerprint density at radius 2 is 1.97 bits per heavy atom. The molecule has 1 unspecified atom stereocenters. The van der Waals surface area contributed by atoms with E-state index in [4.69, 9.17) is 14.3 Å². The van der Waals surface area contributed by atoms with Crippen molar-refractivity contribution in [3.8, 4) is 17.0 Å². The number of rotatable bonds is 5. The Kier molecular flexibility index (Phi) is 5.50. The van der Waals surface area contributed by atoms with Gasteiger partial charge in [-0.3, -0.25) is 4.99 Å². The van der Waals surface area contributed by atoms with Crippen LogP contribution in [0.1, 0.15) is 24.2 Å². The number of aromatic nitrogens is 1. The highest BCUT2D eigenvalue weighted by Gasteiger charge is 2.20. The topological polar surface area (TPSA) is 60.0 Å². The van der Waals surface area contributed by atoms with E-state index >= 15 is 0 Å². The lowest BCUT2D eigenvalue weighted by atomic mass is 10.0. The van der Waals surface area contributed by atoms with Gasteiger partial charge in [-0.25, -0.2) is 9.38 Å². The summed E-state index contributed by atoms with van der Waals surface area (Å²) in [4.78, 5) is 9.39. The van der Waals surface area contributed by atoms with Gasteiger partial charge < -0.3 is 9.26 Å². The fourth-order valence-corrected chi connectivity index (χ4v) is 3.89. The smallest absolute Gasteiger partial charge is 0.139 e. The highest BCUT2D eigenvalue weighted by molar-refractivity contribution is 6.15. The average molecular weight is 427 g/mol. The molecule has 0 bridgehead atoms. The number of aliphatic imine (C=N–C) groups is 2. The standard InChI is InChI=1S/C26H22FN3O2/c1-31-20-11-9-17(10-12-20)25-15-21(32-30-25)14-19-5-4-8-24-18(16-28-19)13-26(29-24)22-6-2-3-7-23(22)27/h2-3,6-13,15-16,19H,4-5,14H2,1H3. The molecule has 2 aromatic carbocycles. The first-order valence-corrected chi connectivity index (χ1v) is 10.6. The summed E-state index contributed by atoms with van der Waals surface area (Å²) in [6.45, 7) is 0. The lowest BCUT2D eigenvalue weighted by molar-refractivity contribution is 0.374. The number of allylic oxidation sites excluding steroid dienone is 3. The first-order chi connectivity index (χ1) is 15.7. The maximum atomic E-state index is 14.2. The fourth-order valence-electron chi connectivity index (χ4n) is 3.89. The summed E-state index contributed by atoms with van der Waals surface area (Å²) >= 11 is 0. The van der Waals surface area contributed by atoms with Gasteiger partial charge in [0.2, 0.25) is 0 Å². The quantitative estimate of drug-likeness (QED) is 0.534. The van der Waals surface area contributed by atoms with Crippen LogP contribution < -0.4 is 4.74 Å². The Morgan fingerprint density at radius 1 is 1.12 bits per heavy atom. The molecule has 2 aliphatic rings. The van der Waals surface area contributed by atoms with E-state index in [1.165, 1.54) is 6.07 Å². The number of nitrogens with zero attached hydrogens (tertiary/aromatic N) is 3. The van der Waals surface area contributed by atoms with Crippen LogP contribution in [-0.4, -0.2) is 30.2 Å². The second kappa shape index (κ2) is 8.75. The van der Waals surface area contributed by atoms with Gasteiger partial charge in [0.05, 0.1) is 24.6 Å². The van der Waals surface area contributed by atoms with Crippen molar-refractivity contribution in [1.82, 2.24) is 5.16 Å². The van der Waals surface area contributed by atoms with Crippen LogP contribution in [0, 0.1) is 5.82 Å². The first-order valence-electron chi connectivity index (χ1n) is 10.6. The molecule has 5 nitrogen and oxygen atoms in total. The minimum absolute atomic E-state index is 0.0721. The molecule has 5 rings (SSSR count). The second-order valence-corrected chi connectivity index (χ2v) is 7.79. The lowest BCUT2D eigenvalue weighted by Gasteiger charge is -2.12. The molecule has 0 fully saturated rings. The molecular formula is C26H22FN3O2. The van der Waals surface area contributed by atoms with E-state index in [2.05, 4.69) is 16.2 Å². The molecule has 0 saturated carbocycles. The monoisotopic (exact) mass is 427 g/mol. The van der Waals surface area contributed by atoms with Crippen molar-refractivity contribution in [3.63, 3.8) is 0 Å². The van der Waals surface area contributed by atoms with Crippen LogP contribution in [0.4, 0.5) is 4.39 Å². The Labute approximate surface area is 185 Å². The van der Waals surface area contributed by atoms with Crippen molar-refractivity contribution in [2.45, 2.75) is 25.3 Å². The number of hydrogen-bond acceptors (Lipinski definition) is 5. The fraction of sp³-hybridized carbons (Fsp3) is 0.192. The van der Waals surface area contributed by atoms with Gasteiger partial charge >= 0.3 is 0 Å². The number of fused-ring (bicyclic) bond motifs is 1. The Bertz CT molecular complexity index is 1250. The summed E-state index contributed by atoms with van der Waals surface area (Å²) < 4.78 is 24.9. The highest BCUT2D eigenvalue weighted by Crippen LogP contribution is 2.27. The molecule has 0 N–H and O–H groups in total. The third-order valence-corrected chi connectivity index (χ3v) is 5.62. The molecule has 32 heavy (non-hydrogen) atoms. The third-order valence-electron chi connectivity index (χ3n) is 5.62. The third kappa shape index (κ3) is 4.17. The number of hydrogen-bond donors (Lipinski definition) is 0. The summed E-state index contributed by atoms with van der Waals surface area (Å²) in [6.07, 6.45) is 8.21. The Morgan fingerprint density at radius 3 is 2.78 bits per heavy atom. The number of benzene rings is 2. The van der Waals surface area contributed by atoms with Crippen LogP contribution in [0.25, 0.3) is 11.3 Å². The van der Waals surface area contributed by atoms with E-state index in [1.807, 2.05) is 48.7 Å². The van der Waals surface area contributed by atoms with E-state index in [-0.39, 0.29) is 11.9 Å². The van der Waals surface area contributed by atoms with Crippen LogP contribution in [0.3, 0.4) is 0 Å². The molecule has 0 aliphatic carbocycles. The molecule has 3 aromatic rings. The summed E-state index contributed by atoms with van der Waals surface area (Å²) in [5.41, 5.74) is 4.67. The molecule has 6 heteroatoms. The van der Waals surface area contributed by atoms with Crippen LogP contribution in [0.15, 0.2) is 92.5 Å². The van der Waals surface area contributed by atoms with E-state index < -0.39 is 0 Å². The number of ether oxygens (including phenoxy) is 1. The summed E-state index contributed by atoms with van der Waals surface area (Å²) in [6, 6.07) is 16.5. The molecule has 2 aliphatic heterocycles. The number of methoxy groups -OCH3 is 1. The molecule has 0 amide bonds. The predicted octanol–water partition coefficient (Wildman–Crippen LogP) is 5.58. The van der Waals surface area contributed by atoms with Crippen LogP contribution in [0.2, 0.25) is 0 Å². The molecule has 1 aromatic heterocycles. The van der Waals surface area contributed by atoms with Gasteiger partial charge in [0.15, 0.2) is 0 Å². The zero-order valence-corrected chi connectivity index (χ0v) is 17.7. The molecule has 1 atom stereocenters. The van der Waals surface area contributed by atoms with Crippen molar-refractivity contribution < 1.29 is 13.7 Å². The predicted molar refractivity (Wildman–Crippen MR) is 123 cm³/mol. The van der Waals surface area contributed by atoms with Gasteiger partial charge in [-0.05, 0) is 55.3 Å². The van der Waals surface area contributed by atoms with Gasteiger partial charge in [0.25, 0.3) is 0 Å². The maximum Gasteiger partial charge on any atom is 0.139 e. The first kappa shape index (κ1) is 20.1. The normalized spacial score (nSPS) is 17.7. The number of halogens is 1. The molecule has 0 saturated heterocycles. The van der Waals surface area contributed by atoms with Crippen molar-refractivity contribution >= 4 is 11.9 Å². The summed E-state index contributed by atoms with van der Waals surface area (Å²) in [5.74, 6) is 1.33. The van der Waals surface area contributed by atoms with E-state index in [0.717, 1.165) is 46.9 Å². The average Bonchev–Trinajstić information content (AvgIpc) is 3.43. The SMILES string of the molecule is COc1ccc(-c2cc(CC3CCC=C4N=C(c5ccccc5F)C=C4C=N3)on2)cc1. The van der Waals surface area contributed by atoms with Crippen molar-refractivity contribution in [3.05, 3.63) is 95.2 Å². The minimum atomic E-state index is -0.272. The van der Waals surface area contributed by atoms with Gasteiger partial charge in [-0.1, -0.05) is 23.4 Å². The largest absolute Gasteiger partial charge is 0.497 e. The Hall–Kier alpha value is -3.80. The van der Waals surface area contributed by atoms with Crippen molar-refractivity contribution in [2.24, 2.45) is 9.98 Å². The second-order valence-electron chi connectivity index (χ2n) is 7.79. The van der Waals surface area contributed by atoms with E-state index in [1.54, 1.807) is 19.2 Å². The molecule has 160 valence electrons. The molecular weight excluding hydrogens is 405 g/mol. The lowest BCUT2D eigenvalue weighted by Crippen LogP contribution is -2.10. The van der Waals surface area contributed by atoms with E-state index in [9.17, 15) is 4.39 Å². The zero-order valence-electron chi connectivity index (χ0n) is 17.7. The molecule has 0 radical (unpaired) electrons. The molecule has 0 spiro atoms. The van der Waals surface area contributed by atoms with Crippen molar-refractivity contribution in [2.75, 3.05) is 7.11 Å². The minimum Gasteiger partial charge on any atom is -0.497 e. The summed E-state index contributed by atoms with van der Waals surface area (Å²) in [7, 11) is 1.64. The van der Waals surface area contributed by atoms with Gasteiger partial charge in [-0.2, -0.15) is 0 Å².